The molecule has 0 aliphatic carbocycles. The highest BCUT2D eigenvalue weighted by molar-refractivity contribution is 7.46. The SMILES string of the molecule is CCCCCCCCCCCCCCCC(=O)OC[C@H](COP(=O)(O)O)OC(=O)CCCCCCCC(=O)/C=C/C=O. The van der Waals surface area contributed by atoms with E-state index in [0.29, 0.717) is 32.0 Å². The minimum absolute atomic E-state index is 0.0975. The number of esters is 2. The zero-order valence-corrected chi connectivity index (χ0v) is 26.6. The summed E-state index contributed by atoms with van der Waals surface area (Å²) >= 11 is 0. The molecule has 11 heteroatoms. The van der Waals surface area contributed by atoms with Crippen LogP contribution in [0, 0.1) is 0 Å². The molecule has 0 aromatic heterocycles. The van der Waals surface area contributed by atoms with Crippen LogP contribution in [0.15, 0.2) is 12.2 Å². The molecular weight excluding hydrogens is 563 g/mol. The molecule has 244 valence electrons. The lowest BCUT2D eigenvalue weighted by Crippen LogP contribution is -2.29. The van der Waals surface area contributed by atoms with Crippen LogP contribution in [0.25, 0.3) is 0 Å². The Morgan fingerprint density at radius 3 is 1.60 bits per heavy atom. The smallest absolute Gasteiger partial charge is 0.462 e. The van der Waals surface area contributed by atoms with Crippen molar-refractivity contribution in [3.8, 4) is 0 Å². The third kappa shape index (κ3) is 29.6. The van der Waals surface area contributed by atoms with Crippen molar-refractivity contribution < 1.29 is 47.5 Å². The van der Waals surface area contributed by atoms with Gasteiger partial charge in [-0.1, -0.05) is 103 Å². The Balaban J connectivity index is 4.05. The lowest BCUT2D eigenvalue weighted by Gasteiger charge is -2.18. The predicted molar refractivity (Wildman–Crippen MR) is 162 cm³/mol. The van der Waals surface area contributed by atoms with E-state index in [-0.39, 0.29) is 25.2 Å². The molecule has 42 heavy (non-hydrogen) atoms. The highest BCUT2D eigenvalue weighted by atomic mass is 31.2. The molecule has 0 spiro atoms. The van der Waals surface area contributed by atoms with Crippen LogP contribution in [-0.2, 0) is 37.7 Å². The molecule has 0 saturated carbocycles. The number of aldehydes is 1. The van der Waals surface area contributed by atoms with Gasteiger partial charge in [0.15, 0.2) is 11.9 Å². The summed E-state index contributed by atoms with van der Waals surface area (Å²) in [6, 6.07) is 0. The van der Waals surface area contributed by atoms with Crippen LogP contribution >= 0.6 is 7.82 Å². The fraction of sp³-hybridized carbons (Fsp3) is 0.806. The Morgan fingerprint density at radius 2 is 1.12 bits per heavy atom. The molecule has 0 bridgehead atoms. The van der Waals surface area contributed by atoms with E-state index in [1.54, 1.807) is 0 Å². The van der Waals surface area contributed by atoms with Gasteiger partial charge in [0.05, 0.1) is 6.61 Å². The van der Waals surface area contributed by atoms with Crippen molar-refractivity contribution in [2.45, 2.75) is 148 Å². The van der Waals surface area contributed by atoms with E-state index in [1.165, 1.54) is 69.9 Å². The van der Waals surface area contributed by atoms with E-state index < -0.39 is 32.5 Å². The van der Waals surface area contributed by atoms with Gasteiger partial charge in [-0.25, -0.2) is 4.57 Å². The zero-order valence-electron chi connectivity index (χ0n) is 25.7. The average molecular weight is 619 g/mol. The second kappa shape index (κ2) is 27.9. The van der Waals surface area contributed by atoms with E-state index >= 15 is 0 Å². The van der Waals surface area contributed by atoms with Crippen LogP contribution in [0.5, 0.6) is 0 Å². The van der Waals surface area contributed by atoms with Crippen LogP contribution in [0.2, 0.25) is 0 Å². The Hall–Kier alpha value is -1.87. The molecule has 0 amide bonds. The van der Waals surface area contributed by atoms with Crippen LogP contribution in [0.1, 0.15) is 142 Å². The minimum atomic E-state index is -4.78. The van der Waals surface area contributed by atoms with Crippen molar-refractivity contribution in [1.29, 1.82) is 0 Å². The average Bonchev–Trinajstić information content (AvgIpc) is 2.94. The number of ketones is 1. The first-order chi connectivity index (χ1) is 20.2. The van der Waals surface area contributed by atoms with Gasteiger partial charge in [0.1, 0.15) is 12.9 Å². The second-order valence-corrected chi connectivity index (χ2v) is 12.0. The number of allylic oxidation sites excluding steroid dienone is 2. The van der Waals surface area contributed by atoms with E-state index in [0.717, 1.165) is 38.5 Å². The zero-order chi connectivity index (χ0) is 31.3. The molecule has 0 rings (SSSR count). The van der Waals surface area contributed by atoms with Crippen molar-refractivity contribution in [3.63, 3.8) is 0 Å². The highest BCUT2D eigenvalue weighted by Gasteiger charge is 2.22. The Kier molecular flexibility index (Phi) is 26.7. The topological polar surface area (TPSA) is 154 Å². The standard InChI is InChI=1S/C31H55O10P/c1-2-3-4-5-6-7-8-9-10-11-12-15-18-23-30(34)39-26-29(27-40-42(36,37)38)41-31(35)24-19-16-13-14-17-21-28(33)22-20-25-32/h20,22,25,29H,2-19,21,23-24,26-27H2,1H3,(H2,36,37,38)/b22-20+/t29-/m1/s1. The quantitative estimate of drug-likeness (QED) is 0.0280. The first kappa shape index (κ1) is 40.1. The molecule has 0 aliphatic heterocycles. The van der Waals surface area contributed by atoms with Crippen molar-refractivity contribution in [2.24, 2.45) is 0 Å². The Labute approximate surface area is 252 Å². The number of phosphoric acid groups is 1. The first-order valence-electron chi connectivity index (χ1n) is 15.9. The Morgan fingerprint density at radius 1 is 0.667 bits per heavy atom. The van der Waals surface area contributed by atoms with Crippen molar-refractivity contribution >= 4 is 31.8 Å². The lowest BCUT2D eigenvalue weighted by molar-refractivity contribution is -0.161. The third-order valence-electron chi connectivity index (χ3n) is 6.81. The number of carbonyl (C=O) groups is 4. The summed E-state index contributed by atoms with van der Waals surface area (Å²) in [5.74, 6) is -1.12. The molecule has 0 saturated heterocycles. The molecule has 1 atom stereocenters. The van der Waals surface area contributed by atoms with Gasteiger partial charge in [0.25, 0.3) is 0 Å². The number of rotatable bonds is 30. The summed E-state index contributed by atoms with van der Waals surface area (Å²) in [5.41, 5.74) is 0. The number of ether oxygens (including phenoxy) is 2. The molecule has 0 unspecified atom stereocenters. The molecule has 0 heterocycles. The fourth-order valence-corrected chi connectivity index (χ4v) is 4.78. The number of unbranched alkanes of at least 4 members (excludes halogenated alkanes) is 16. The summed E-state index contributed by atoms with van der Waals surface area (Å²) in [6.07, 6.45) is 21.8. The lowest BCUT2D eigenvalue weighted by atomic mass is 10.0. The Bertz CT molecular complexity index is 793. The fourth-order valence-electron chi connectivity index (χ4n) is 4.42. The van der Waals surface area contributed by atoms with Gasteiger partial charge in [-0.3, -0.25) is 23.7 Å². The van der Waals surface area contributed by atoms with Crippen LogP contribution in [0.4, 0.5) is 0 Å². The summed E-state index contributed by atoms with van der Waals surface area (Å²) in [5, 5.41) is 0. The number of phosphoric ester groups is 1. The van der Waals surface area contributed by atoms with Gasteiger partial charge in [0, 0.05) is 19.3 Å². The molecule has 0 fully saturated rings. The maximum Gasteiger partial charge on any atom is 0.469 e. The maximum absolute atomic E-state index is 12.2. The number of hydrogen-bond acceptors (Lipinski definition) is 8. The molecule has 10 nitrogen and oxygen atoms in total. The molecule has 0 aromatic rings. The van der Waals surface area contributed by atoms with Crippen molar-refractivity contribution in [2.75, 3.05) is 13.2 Å². The van der Waals surface area contributed by atoms with Gasteiger partial charge in [-0.15, -0.1) is 0 Å². The van der Waals surface area contributed by atoms with E-state index in [1.807, 2.05) is 0 Å². The van der Waals surface area contributed by atoms with Gasteiger partial charge < -0.3 is 19.3 Å². The first-order valence-corrected chi connectivity index (χ1v) is 17.4. The van der Waals surface area contributed by atoms with Crippen molar-refractivity contribution in [3.05, 3.63) is 12.2 Å². The number of carbonyl (C=O) groups excluding carboxylic acids is 4. The van der Waals surface area contributed by atoms with E-state index in [2.05, 4.69) is 11.4 Å². The molecule has 0 aliphatic rings. The monoisotopic (exact) mass is 618 g/mol. The van der Waals surface area contributed by atoms with E-state index in [9.17, 15) is 23.7 Å². The highest BCUT2D eigenvalue weighted by Crippen LogP contribution is 2.35. The predicted octanol–water partition coefficient (Wildman–Crippen LogP) is 7.09. The van der Waals surface area contributed by atoms with Gasteiger partial charge in [0.2, 0.25) is 0 Å². The third-order valence-corrected chi connectivity index (χ3v) is 7.29. The molecular formula is C31H55O10P. The maximum atomic E-state index is 12.2. The minimum Gasteiger partial charge on any atom is -0.462 e. The summed E-state index contributed by atoms with van der Waals surface area (Å²) in [6.45, 7) is 1.30. The van der Waals surface area contributed by atoms with Crippen LogP contribution in [0.3, 0.4) is 0 Å². The summed E-state index contributed by atoms with van der Waals surface area (Å²) in [4.78, 5) is 64.0. The normalized spacial score (nSPS) is 12.4. The van der Waals surface area contributed by atoms with Gasteiger partial charge in [-0.2, -0.15) is 0 Å². The van der Waals surface area contributed by atoms with Crippen LogP contribution < -0.4 is 0 Å². The van der Waals surface area contributed by atoms with Gasteiger partial charge in [-0.05, 0) is 31.4 Å². The van der Waals surface area contributed by atoms with Gasteiger partial charge >= 0.3 is 19.8 Å². The summed E-state index contributed by atoms with van der Waals surface area (Å²) < 4.78 is 26.0. The molecule has 2 N–H and O–H groups in total. The second-order valence-electron chi connectivity index (χ2n) is 10.8. The van der Waals surface area contributed by atoms with E-state index in [4.69, 9.17) is 19.3 Å². The largest absolute Gasteiger partial charge is 0.469 e. The van der Waals surface area contributed by atoms with Crippen molar-refractivity contribution in [1.82, 2.24) is 0 Å². The molecule has 0 aromatic carbocycles. The number of hydrogen-bond donors (Lipinski definition) is 2. The van der Waals surface area contributed by atoms with Crippen LogP contribution in [-0.4, -0.2) is 53.1 Å². The molecule has 0 radical (unpaired) electrons. The summed E-state index contributed by atoms with van der Waals surface area (Å²) in [7, 11) is -4.78.